The van der Waals surface area contributed by atoms with Crippen LogP contribution in [0.4, 0.5) is 0 Å². The van der Waals surface area contributed by atoms with Gasteiger partial charge in [0.25, 0.3) is 0 Å². The van der Waals surface area contributed by atoms with Crippen molar-refractivity contribution in [2.24, 2.45) is 0 Å². The van der Waals surface area contributed by atoms with Crippen molar-refractivity contribution in [3.05, 3.63) is 35.6 Å². The molecule has 0 unspecified atom stereocenters. The number of aromatic carboxylic acids is 1. The molecule has 0 spiro atoms. The highest BCUT2D eigenvalue weighted by Gasteiger charge is 2.07. The maximum absolute atomic E-state index is 10.6. The van der Waals surface area contributed by atoms with Gasteiger partial charge in [0, 0.05) is 5.39 Å². The average Bonchev–Trinajstić information content (AvgIpc) is 2.58. The summed E-state index contributed by atoms with van der Waals surface area (Å²) in [5, 5.41) is 9.42. The standard InChI is InChI=1S/C10H6O4/c11-5-8-3-6-1-2-7(10(12)13)4-9(6)14-8/h1-5H,(H,12,13). The minimum absolute atomic E-state index is 0.143. The number of carboxylic acids is 1. The molecule has 2 rings (SSSR count). The number of fused-ring (bicyclic) bond motifs is 1. The highest BCUT2D eigenvalue weighted by Crippen LogP contribution is 2.19. The second-order valence-corrected chi connectivity index (χ2v) is 2.82. The fourth-order valence-electron chi connectivity index (χ4n) is 1.24. The number of carboxylic acid groups (broad SMARTS) is 1. The van der Waals surface area contributed by atoms with Crippen LogP contribution in [0.25, 0.3) is 11.0 Å². The fourth-order valence-corrected chi connectivity index (χ4v) is 1.24. The third kappa shape index (κ3) is 1.26. The van der Waals surface area contributed by atoms with Crippen LogP contribution in [0, 0.1) is 0 Å². The van der Waals surface area contributed by atoms with E-state index < -0.39 is 5.97 Å². The third-order valence-corrected chi connectivity index (χ3v) is 1.90. The van der Waals surface area contributed by atoms with E-state index in [0.717, 1.165) is 5.39 Å². The second kappa shape index (κ2) is 2.99. The molecule has 0 radical (unpaired) electrons. The van der Waals surface area contributed by atoms with Crippen molar-refractivity contribution in [2.45, 2.75) is 0 Å². The summed E-state index contributed by atoms with van der Waals surface area (Å²) < 4.78 is 5.08. The van der Waals surface area contributed by atoms with Crippen LogP contribution in [-0.2, 0) is 0 Å². The number of carbonyl (C=O) groups is 2. The van der Waals surface area contributed by atoms with Gasteiger partial charge < -0.3 is 9.52 Å². The van der Waals surface area contributed by atoms with E-state index in [4.69, 9.17) is 9.52 Å². The summed E-state index contributed by atoms with van der Waals surface area (Å²) in [6, 6.07) is 6.03. The van der Waals surface area contributed by atoms with Crippen LogP contribution in [0.15, 0.2) is 28.7 Å². The second-order valence-electron chi connectivity index (χ2n) is 2.82. The number of hydrogen-bond donors (Lipinski definition) is 1. The van der Waals surface area contributed by atoms with Gasteiger partial charge in [-0.05, 0) is 18.2 Å². The zero-order valence-electron chi connectivity index (χ0n) is 7.06. The molecular formula is C10H6O4. The quantitative estimate of drug-likeness (QED) is 0.735. The van der Waals surface area contributed by atoms with Gasteiger partial charge in [0.1, 0.15) is 5.58 Å². The van der Waals surface area contributed by atoms with E-state index in [0.29, 0.717) is 11.9 Å². The van der Waals surface area contributed by atoms with Crippen LogP contribution in [0.1, 0.15) is 20.9 Å². The van der Waals surface area contributed by atoms with Gasteiger partial charge in [-0.1, -0.05) is 6.07 Å². The molecule has 4 nitrogen and oxygen atoms in total. The zero-order valence-corrected chi connectivity index (χ0v) is 7.06. The molecule has 4 heteroatoms. The Morgan fingerprint density at radius 2 is 2.14 bits per heavy atom. The molecule has 0 saturated carbocycles. The number of benzene rings is 1. The van der Waals surface area contributed by atoms with Gasteiger partial charge in [-0.2, -0.15) is 0 Å². The molecule has 1 heterocycles. The lowest BCUT2D eigenvalue weighted by atomic mass is 10.2. The number of aldehydes is 1. The van der Waals surface area contributed by atoms with E-state index in [1.165, 1.54) is 12.1 Å². The Labute approximate surface area is 78.8 Å². The molecular weight excluding hydrogens is 184 g/mol. The van der Waals surface area contributed by atoms with Crippen molar-refractivity contribution in [1.29, 1.82) is 0 Å². The Morgan fingerprint density at radius 3 is 2.79 bits per heavy atom. The van der Waals surface area contributed by atoms with Crippen LogP contribution in [0.5, 0.6) is 0 Å². The molecule has 0 saturated heterocycles. The summed E-state index contributed by atoms with van der Waals surface area (Å²) in [6.07, 6.45) is 0.584. The van der Waals surface area contributed by atoms with Crippen molar-refractivity contribution in [3.8, 4) is 0 Å². The predicted molar refractivity (Wildman–Crippen MR) is 48.6 cm³/mol. The number of furan rings is 1. The van der Waals surface area contributed by atoms with Gasteiger partial charge in [-0.25, -0.2) is 4.79 Å². The predicted octanol–water partition coefficient (Wildman–Crippen LogP) is 1.94. The molecule has 1 N–H and O–H groups in total. The molecule has 0 fully saturated rings. The minimum Gasteiger partial charge on any atom is -0.478 e. The molecule has 0 aliphatic rings. The van der Waals surface area contributed by atoms with Crippen LogP contribution in [-0.4, -0.2) is 17.4 Å². The van der Waals surface area contributed by atoms with Crippen LogP contribution in [0.2, 0.25) is 0 Å². The maximum atomic E-state index is 10.6. The van der Waals surface area contributed by atoms with Crippen LogP contribution in [0.3, 0.4) is 0 Å². The molecule has 1 aromatic carbocycles. The van der Waals surface area contributed by atoms with Crippen molar-refractivity contribution in [1.82, 2.24) is 0 Å². The largest absolute Gasteiger partial charge is 0.478 e. The first-order valence-electron chi connectivity index (χ1n) is 3.93. The molecule has 0 amide bonds. The highest BCUT2D eigenvalue weighted by atomic mass is 16.4. The molecule has 1 aromatic heterocycles. The summed E-state index contributed by atoms with van der Waals surface area (Å²) in [5.74, 6) is -0.821. The lowest BCUT2D eigenvalue weighted by molar-refractivity contribution is 0.0697. The van der Waals surface area contributed by atoms with E-state index in [1.54, 1.807) is 12.1 Å². The first-order chi connectivity index (χ1) is 6.70. The van der Waals surface area contributed by atoms with Crippen molar-refractivity contribution < 1.29 is 19.1 Å². The van der Waals surface area contributed by atoms with E-state index in [2.05, 4.69) is 0 Å². The van der Waals surface area contributed by atoms with E-state index >= 15 is 0 Å². The first kappa shape index (κ1) is 8.50. The summed E-state index contributed by atoms with van der Waals surface area (Å²) in [4.78, 5) is 21.0. The Balaban J connectivity index is 2.65. The SMILES string of the molecule is O=Cc1cc2ccc(C(=O)O)cc2o1. The minimum atomic E-state index is -1.02. The van der Waals surface area contributed by atoms with Gasteiger partial charge in [-0.15, -0.1) is 0 Å². The summed E-state index contributed by atoms with van der Waals surface area (Å²) >= 11 is 0. The van der Waals surface area contributed by atoms with Crippen molar-refractivity contribution >= 4 is 23.2 Å². The molecule has 0 aliphatic heterocycles. The van der Waals surface area contributed by atoms with E-state index in [-0.39, 0.29) is 11.3 Å². The normalized spacial score (nSPS) is 10.3. The van der Waals surface area contributed by atoms with Crippen LogP contribution < -0.4 is 0 Å². The third-order valence-electron chi connectivity index (χ3n) is 1.90. The molecule has 0 aliphatic carbocycles. The number of rotatable bonds is 2. The Hall–Kier alpha value is -2.10. The summed E-state index contributed by atoms with van der Waals surface area (Å²) in [6.45, 7) is 0. The van der Waals surface area contributed by atoms with Gasteiger partial charge in [0.05, 0.1) is 5.56 Å². The highest BCUT2D eigenvalue weighted by molar-refractivity contribution is 5.94. The van der Waals surface area contributed by atoms with Crippen molar-refractivity contribution in [2.75, 3.05) is 0 Å². The fraction of sp³-hybridized carbons (Fsp3) is 0. The van der Waals surface area contributed by atoms with Gasteiger partial charge >= 0.3 is 5.97 Å². The number of hydrogen-bond acceptors (Lipinski definition) is 3. The Kier molecular flexibility index (Phi) is 1.81. The topological polar surface area (TPSA) is 67.5 Å². The average molecular weight is 190 g/mol. The summed E-state index contributed by atoms with van der Waals surface area (Å²) in [5.41, 5.74) is 0.552. The van der Waals surface area contributed by atoms with E-state index in [9.17, 15) is 9.59 Å². The molecule has 14 heavy (non-hydrogen) atoms. The monoisotopic (exact) mass is 190 g/mol. The summed E-state index contributed by atoms with van der Waals surface area (Å²) in [7, 11) is 0. The lowest BCUT2D eigenvalue weighted by Gasteiger charge is -1.92. The molecule has 0 atom stereocenters. The van der Waals surface area contributed by atoms with Crippen LogP contribution >= 0.6 is 0 Å². The van der Waals surface area contributed by atoms with Gasteiger partial charge in [0.15, 0.2) is 12.0 Å². The van der Waals surface area contributed by atoms with Gasteiger partial charge in [0.2, 0.25) is 0 Å². The Bertz CT molecular complexity index is 510. The Morgan fingerprint density at radius 1 is 1.36 bits per heavy atom. The van der Waals surface area contributed by atoms with Crippen molar-refractivity contribution in [3.63, 3.8) is 0 Å². The molecule has 0 bridgehead atoms. The van der Waals surface area contributed by atoms with Gasteiger partial charge in [-0.3, -0.25) is 4.79 Å². The molecule has 2 aromatic rings. The van der Waals surface area contributed by atoms with E-state index in [1.807, 2.05) is 0 Å². The smallest absolute Gasteiger partial charge is 0.335 e. The molecule has 70 valence electrons. The zero-order chi connectivity index (χ0) is 10.1. The maximum Gasteiger partial charge on any atom is 0.335 e. The number of carbonyl (C=O) groups excluding carboxylic acids is 1. The first-order valence-corrected chi connectivity index (χ1v) is 3.93. The lowest BCUT2D eigenvalue weighted by Crippen LogP contribution is -1.94.